The minimum Gasteiger partial charge on any atom is -0.454 e. The molecule has 0 radical (unpaired) electrons. The van der Waals surface area contributed by atoms with Gasteiger partial charge in [0.1, 0.15) is 5.76 Å². The normalized spacial score (nSPS) is 13.4. The number of hydrogen-bond donors (Lipinski definition) is 2. The fourth-order valence-electron chi connectivity index (χ4n) is 1.49. The third-order valence-corrected chi connectivity index (χ3v) is 2.99. The maximum Gasteiger partial charge on any atom is 0.164 e. The Bertz CT molecular complexity index is 286. The zero-order valence-electron chi connectivity index (χ0n) is 9.16. The smallest absolute Gasteiger partial charge is 0.164 e. The van der Waals surface area contributed by atoms with Gasteiger partial charge >= 0.3 is 0 Å². The highest BCUT2D eigenvalue weighted by Gasteiger charge is 2.12. The lowest BCUT2D eigenvalue weighted by Gasteiger charge is -2.20. The molecule has 0 saturated carbocycles. The highest BCUT2D eigenvalue weighted by Crippen LogP contribution is 2.11. The second-order valence-corrected chi connectivity index (χ2v) is 5.01. The SMILES string of the molecule is CC(C)C(CCO)NCc1ccc(I)o1. The predicted octanol–water partition coefficient (Wildman–Crippen LogP) is 2.38. The Morgan fingerprint density at radius 3 is 2.67 bits per heavy atom. The summed E-state index contributed by atoms with van der Waals surface area (Å²) in [6, 6.07) is 4.27. The Labute approximate surface area is 104 Å². The van der Waals surface area contributed by atoms with Gasteiger partial charge in [0, 0.05) is 12.6 Å². The third-order valence-electron chi connectivity index (χ3n) is 2.41. The Morgan fingerprint density at radius 2 is 2.20 bits per heavy atom. The lowest BCUT2D eigenvalue weighted by molar-refractivity contribution is 0.241. The van der Waals surface area contributed by atoms with E-state index in [2.05, 4.69) is 41.8 Å². The first-order valence-electron chi connectivity index (χ1n) is 5.22. The van der Waals surface area contributed by atoms with Crippen molar-refractivity contribution in [1.82, 2.24) is 5.32 Å². The van der Waals surface area contributed by atoms with Gasteiger partial charge in [0.05, 0.1) is 6.54 Å². The fourth-order valence-corrected chi connectivity index (χ4v) is 1.95. The number of nitrogens with one attached hydrogen (secondary N) is 1. The van der Waals surface area contributed by atoms with E-state index in [9.17, 15) is 0 Å². The quantitative estimate of drug-likeness (QED) is 0.790. The molecular formula is C11H18INO2. The van der Waals surface area contributed by atoms with Gasteiger partial charge in [-0.05, 0) is 47.1 Å². The first-order chi connectivity index (χ1) is 7.13. The molecule has 1 atom stereocenters. The van der Waals surface area contributed by atoms with Crippen molar-refractivity contribution in [2.24, 2.45) is 5.92 Å². The molecule has 2 N–H and O–H groups in total. The lowest BCUT2D eigenvalue weighted by atomic mass is 10.0. The number of halogens is 1. The van der Waals surface area contributed by atoms with Crippen molar-refractivity contribution in [3.8, 4) is 0 Å². The molecule has 1 unspecified atom stereocenters. The van der Waals surface area contributed by atoms with Crippen LogP contribution in [0.5, 0.6) is 0 Å². The molecule has 1 aromatic rings. The number of hydrogen-bond acceptors (Lipinski definition) is 3. The van der Waals surface area contributed by atoms with Gasteiger partial charge in [-0.1, -0.05) is 13.8 Å². The summed E-state index contributed by atoms with van der Waals surface area (Å²) < 4.78 is 6.36. The van der Waals surface area contributed by atoms with Gasteiger partial charge in [0.2, 0.25) is 0 Å². The summed E-state index contributed by atoms with van der Waals surface area (Å²) in [5, 5.41) is 12.3. The van der Waals surface area contributed by atoms with Gasteiger partial charge in [0.25, 0.3) is 0 Å². The molecule has 15 heavy (non-hydrogen) atoms. The van der Waals surface area contributed by atoms with E-state index >= 15 is 0 Å². The van der Waals surface area contributed by atoms with E-state index in [1.165, 1.54) is 0 Å². The zero-order chi connectivity index (χ0) is 11.3. The molecule has 0 saturated heterocycles. The number of furan rings is 1. The molecule has 1 rings (SSSR count). The zero-order valence-corrected chi connectivity index (χ0v) is 11.3. The maximum atomic E-state index is 8.92. The highest BCUT2D eigenvalue weighted by atomic mass is 127. The Kier molecular flexibility index (Phi) is 5.63. The first-order valence-corrected chi connectivity index (χ1v) is 6.29. The van der Waals surface area contributed by atoms with Crippen LogP contribution in [0.25, 0.3) is 0 Å². The monoisotopic (exact) mass is 323 g/mol. The van der Waals surface area contributed by atoms with E-state index in [1.807, 2.05) is 12.1 Å². The summed E-state index contributed by atoms with van der Waals surface area (Å²) in [5.41, 5.74) is 0. The molecule has 1 heterocycles. The van der Waals surface area contributed by atoms with Gasteiger partial charge in [-0.25, -0.2) is 0 Å². The molecule has 4 heteroatoms. The average molecular weight is 323 g/mol. The van der Waals surface area contributed by atoms with Gasteiger partial charge < -0.3 is 14.8 Å². The van der Waals surface area contributed by atoms with Gasteiger partial charge in [-0.15, -0.1) is 0 Å². The minimum atomic E-state index is 0.228. The van der Waals surface area contributed by atoms with Crippen LogP contribution in [-0.4, -0.2) is 17.8 Å². The second-order valence-electron chi connectivity index (χ2n) is 3.95. The van der Waals surface area contributed by atoms with Gasteiger partial charge in [0.15, 0.2) is 3.77 Å². The maximum absolute atomic E-state index is 8.92. The average Bonchev–Trinajstić information content (AvgIpc) is 2.58. The molecule has 1 aromatic heterocycles. The van der Waals surface area contributed by atoms with E-state index in [1.54, 1.807) is 0 Å². The van der Waals surface area contributed by atoms with Crippen molar-refractivity contribution in [2.45, 2.75) is 32.9 Å². The van der Waals surface area contributed by atoms with E-state index in [0.29, 0.717) is 12.0 Å². The van der Waals surface area contributed by atoms with Crippen LogP contribution in [0.2, 0.25) is 0 Å². The molecule has 0 aliphatic carbocycles. The predicted molar refractivity (Wildman–Crippen MR) is 68.6 cm³/mol. The Morgan fingerprint density at radius 1 is 1.47 bits per heavy atom. The van der Waals surface area contributed by atoms with Crippen LogP contribution in [0.3, 0.4) is 0 Å². The molecule has 0 bridgehead atoms. The van der Waals surface area contributed by atoms with E-state index < -0.39 is 0 Å². The van der Waals surface area contributed by atoms with Gasteiger partial charge in [-0.2, -0.15) is 0 Å². The summed E-state index contributed by atoms with van der Waals surface area (Å²) in [4.78, 5) is 0. The van der Waals surface area contributed by atoms with Crippen LogP contribution in [-0.2, 0) is 6.54 Å². The molecule has 0 aliphatic heterocycles. The summed E-state index contributed by atoms with van der Waals surface area (Å²) in [6.45, 7) is 5.26. The topological polar surface area (TPSA) is 45.4 Å². The summed E-state index contributed by atoms with van der Waals surface area (Å²) in [5.74, 6) is 1.47. The van der Waals surface area contributed by atoms with Crippen molar-refractivity contribution in [2.75, 3.05) is 6.61 Å². The summed E-state index contributed by atoms with van der Waals surface area (Å²) in [7, 11) is 0. The van der Waals surface area contributed by atoms with Crippen molar-refractivity contribution in [3.63, 3.8) is 0 Å². The summed E-state index contributed by atoms with van der Waals surface area (Å²) >= 11 is 2.15. The van der Waals surface area contributed by atoms with Crippen molar-refractivity contribution in [1.29, 1.82) is 0 Å². The van der Waals surface area contributed by atoms with Crippen LogP contribution in [0.15, 0.2) is 16.5 Å². The van der Waals surface area contributed by atoms with Crippen LogP contribution in [0.1, 0.15) is 26.0 Å². The molecule has 3 nitrogen and oxygen atoms in total. The second kappa shape index (κ2) is 6.50. The fraction of sp³-hybridized carbons (Fsp3) is 0.636. The molecule has 86 valence electrons. The van der Waals surface area contributed by atoms with Crippen LogP contribution in [0.4, 0.5) is 0 Å². The summed E-state index contributed by atoms with van der Waals surface area (Å²) in [6.07, 6.45) is 0.787. The van der Waals surface area contributed by atoms with Crippen molar-refractivity contribution < 1.29 is 9.52 Å². The number of rotatable bonds is 6. The standard InChI is InChI=1S/C11H18INO2/c1-8(2)10(5-6-14)13-7-9-3-4-11(12)15-9/h3-4,8,10,13-14H,5-7H2,1-2H3. The first kappa shape index (κ1) is 13.0. The van der Waals surface area contributed by atoms with Gasteiger partial charge in [-0.3, -0.25) is 0 Å². The van der Waals surface area contributed by atoms with Crippen LogP contribution < -0.4 is 5.32 Å². The Hall–Kier alpha value is -0.0700. The number of aliphatic hydroxyl groups is 1. The Balaban J connectivity index is 2.39. The third kappa shape index (κ3) is 4.53. The molecule has 0 fully saturated rings. The number of aliphatic hydroxyl groups excluding tert-OH is 1. The molecular weight excluding hydrogens is 305 g/mol. The van der Waals surface area contributed by atoms with Crippen LogP contribution >= 0.6 is 22.6 Å². The largest absolute Gasteiger partial charge is 0.454 e. The van der Waals surface area contributed by atoms with E-state index in [-0.39, 0.29) is 6.61 Å². The van der Waals surface area contributed by atoms with Crippen molar-refractivity contribution >= 4 is 22.6 Å². The van der Waals surface area contributed by atoms with Crippen LogP contribution in [0, 0.1) is 9.68 Å². The van der Waals surface area contributed by atoms with E-state index in [0.717, 1.165) is 22.5 Å². The van der Waals surface area contributed by atoms with Crippen molar-refractivity contribution in [3.05, 3.63) is 21.7 Å². The molecule has 0 spiro atoms. The highest BCUT2D eigenvalue weighted by molar-refractivity contribution is 14.1. The van der Waals surface area contributed by atoms with E-state index in [4.69, 9.17) is 9.52 Å². The lowest BCUT2D eigenvalue weighted by Crippen LogP contribution is -2.34. The molecule has 0 amide bonds. The molecule has 0 aromatic carbocycles. The minimum absolute atomic E-state index is 0.228. The molecule has 0 aliphatic rings.